The quantitative estimate of drug-likeness (QED) is 0.839. The van der Waals surface area contributed by atoms with E-state index in [0.717, 1.165) is 12.1 Å². The van der Waals surface area contributed by atoms with Crippen molar-refractivity contribution in [1.82, 2.24) is 9.78 Å². The Morgan fingerprint density at radius 2 is 2.14 bits per heavy atom. The van der Waals surface area contributed by atoms with Crippen LogP contribution < -0.4 is 0 Å². The fourth-order valence-corrected chi connectivity index (χ4v) is 4.49. The van der Waals surface area contributed by atoms with E-state index in [-0.39, 0.29) is 17.4 Å². The van der Waals surface area contributed by atoms with Gasteiger partial charge in [-0.25, -0.2) is 13.1 Å². The Hall–Kier alpha value is -1.37. The van der Waals surface area contributed by atoms with Gasteiger partial charge in [-0.15, -0.1) is 0 Å². The van der Waals surface area contributed by atoms with Crippen molar-refractivity contribution in [2.24, 2.45) is 5.92 Å². The molecular weight excluding hydrogens is 324 g/mol. The van der Waals surface area contributed by atoms with Crippen LogP contribution in [0.15, 0.2) is 36.5 Å². The second-order valence-corrected chi connectivity index (χ2v) is 8.00. The fraction of sp³-hybridized carbons (Fsp3) is 0.400. The molecule has 3 rings (SSSR count). The number of halogens is 1. The highest BCUT2D eigenvalue weighted by Gasteiger charge is 2.24. The molecule has 0 saturated carbocycles. The summed E-state index contributed by atoms with van der Waals surface area (Å²) in [7, 11) is -3.19. The second kappa shape index (κ2) is 6.40. The van der Waals surface area contributed by atoms with Gasteiger partial charge < -0.3 is 4.74 Å². The predicted octanol–water partition coefficient (Wildman–Crippen LogP) is 2.48. The first-order valence-corrected chi connectivity index (χ1v) is 9.31. The predicted molar refractivity (Wildman–Crippen MR) is 85.0 cm³/mol. The summed E-state index contributed by atoms with van der Waals surface area (Å²) in [6, 6.07) is 9.02. The standard InChI is InChI=1S/C15H17ClN2O3S/c16-14-3-1-2-4-15(14)18-7-5-13(17-18)11-22(19,20)10-12-6-8-21-9-12/h1-5,7,12H,6,8-11H2. The highest BCUT2D eigenvalue weighted by atomic mass is 35.5. The van der Waals surface area contributed by atoms with Crippen LogP contribution in [-0.4, -0.2) is 37.2 Å². The molecule has 7 heteroatoms. The monoisotopic (exact) mass is 340 g/mol. The second-order valence-electron chi connectivity index (χ2n) is 5.49. The summed E-state index contributed by atoms with van der Waals surface area (Å²) >= 11 is 6.12. The van der Waals surface area contributed by atoms with E-state index < -0.39 is 9.84 Å². The van der Waals surface area contributed by atoms with Gasteiger partial charge in [0.05, 0.1) is 34.5 Å². The molecule has 1 atom stereocenters. The van der Waals surface area contributed by atoms with Crippen molar-refractivity contribution in [2.45, 2.75) is 12.2 Å². The number of nitrogens with zero attached hydrogens (tertiary/aromatic N) is 2. The van der Waals surface area contributed by atoms with Gasteiger partial charge in [0.1, 0.15) is 0 Å². The zero-order valence-electron chi connectivity index (χ0n) is 12.0. The average Bonchev–Trinajstić information content (AvgIpc) is 3.10. The van der Waals surface area contributed by atoms with Crippen LogP contribution in [0.1, 0.15) is 12.1 Å². The lowest BCUT2D eigenvalue weighted by Crippen LogP contribution is -2.18. The Morgan fingerprint density at radius 3 is 2.86 bits per heavy atom. The number of hydrogen-bond donors (Lipinski definition) is 0. The van der Waals surface area contributed by atoms with Crippen LogP contribution in [0, 0.1) is 5.92 Å². The van der Waals surface area contributed by atoms with E-state index in [2.05, 4.69) is 5.10 Å². The molecule has 0 radical (unpaired) electrons. The van der Waals surface area contributed by atoms with Gasteiger partial charge in [0.25, 0.3) is 0 Å². The zero-order valence-corrected chi connectivity index (χ0v) is 13.6. The van der Waals surface area contributed by atoms with Crippen LogP contribution in [0.5, 0.6) is 0 Å². The van der Waals surface area contributed by atoms with Gasteiger partial charge in [0, 0.05) is 12.8 Å². The van der Waals surface area contributed by atoms with E-state index in [1.165, 1.54) is 0 Å². The van der Waals surface area contributed by atoms with Crippen molar-refractivity contribution in [2.75, 3.05) is 19.0 Å². The van der Waals surface area contributed by atoms with E-state index in [1.54, 1.807) is 23.0 Å². The van der Waals surface area contributed by atoms with Gasteiger partial charge in [-0.05, 0) is 30.5 Å². The molecule has 0 N–H and O–H groups in total. The lowest BCUT2D eigenvalue weighted by Gasteiger charge is -2.07. The van der Waals surface area contributed by atoms with Crippen LogP contribution in [-0.2, 0) is 20.3 Å². The van der Waals surface area contributed by atoms with Crippen LogP contribution in [0.3, 0.4) is 0 Å². The molecule has 1 aromatic carbocycles. The number of hydrogen-bond acceptors (Lipinski definition) is 4. The van der Waals surface area contributed by atoms with Gasteiger partial charge in [0.15, 0.2) is 9.84 Å². The first-order chi connectivity index (χ1) is 10.5. The molecule has 0 spiro atoms. The Labute approximate surface area is 134 Å². The molecule has 1 saturated heterocycles. The third-order valence-corrected chi connectivity index (χ3v) is 5.66. The molecular formula is C15H17ClN2O3S. The van der Waals surface area contributed by atoms with Crippen molar-refractivity contribution in [3.63, 3.8) is 0 Å². The highest BCUT2D eigenvalue weighted by molar-refractivity contribution is 7.90. The van der Waals surface area contributed by atoms with E-state index in [9.17, 15) is 8.42 Å². The van der Waals surface area contributed by atoms with Gasteiger partial charge in [-0.1, -0.05) is 23.7 Å². The molecule has 118 valence electrons. The number of ether oxygens (including phenoxy) is 1. The molecule has 2 aromatic rings. The smallest absolute Gasteiger partial charge is 0.156 e. The van der Waals surface area contributed by atoms with Crippen molar-refractivity contribution in [3.05, 3.63) is 47.2 Å². The first-order valence-electron chi connectivity index (χ1n) is 7.11. The maximum absolute atomic E-state index is 12.2. The molecule has 1 fully saturated rings. The minimum atomic E-state index is -3.19. The van der Waals surface area contributed by atoms with Gasteiger partial charge in [0.2, 0.25) is 0 Å². The molecule has 1 aromatic heterocycles. The number of aromatic nitrogens is 2. The van der Waals surface area contributed by atoms with E-state index in [0.29, 0.717) is 23.9 Å². The maximum atomic E-state index is 12.2. The fourth-order valence-electron chi connectivity index (χ4n) is 2.57. The number of sulfone groups is 1. The molecule has 1 aliphatic rings. The lowest BCUT2D eigenvalue weighted by molar-refractivity contribution is 0.188. The minimum Gasteiger partial charge on any atom is -0.381 e. The summed E-state index contributed by atoms with van der Waals surface area (Å²) in [6.45, 7) is 1.19. The summed E-state index contributed by atoms with van der Waals surface area (Å²) in [6.07, 6.45) is 2.54. The zero-order chi connectivity index (χ0) is 15.6. The summed E-state index contributed by atoms with van der Waals surface area (Å²) in [5.41, 5.74) is 1.26. The van der Waals surface area contributed by atoms with E-state index in [4.69, 9.17) is 16.3 Å². The van der Waals surface area contributed by atoms with Crippen molar-refractivity contribution >= 4 is 21.4 Å². The lowest BCUT2D eigenvalue weighted by atomic mass is 10.2. The number of para-hydroxylation sites is 1. The summed E-state index contributed by atoms with van der Waals surface area (Å²) in [5.74, 6) is 0.211. The Morgan fingerprint density at radius 1 is 1.32 bits per heavy atom. The van der Waals surface area contributed by atoms with E-state index in [1.807, 2.05) is 18.2 Å². The molecule has 0 bridgehead atoms. The highest BCUT2D eigenvalue weighted by Crippen LogP contribution is 2.20. The SMILES string of the molecule is O=S(=O)(Cc1ccn(-c2ccccc2Cl)n1)CC1CCOC1. The summed E-state index contributed by atoms with van der Waals surface area (Å²) in [4.78, 5) is 0. The van der Waals surface area contributed by atoms with E-state index >= 15 is 0 Å². The van der Waals surface area contributed by atoms with Crippen molar-refractivity contribution in [1.29, 1.82) is 0 Å². The molecule has 0 amide bonds. The topological polar surface area (TPSA) is 61.2 Å². The minimum absolute atomic E-state index is 0.0546. The molecule has 22 heavy (non-hydrogen) atoms. The average molecular weight is 341 g/mol. The molecule has 5 nitrogen and oxygen atoms in total. The summed E-state index contributed by atoms with van der Waals surface area (Å²) in [5, 5.41) is 4.90. The third kappa shape index (κ3) is 3.69. The van der Waals surface area contributed by atoms with Gasteiger partial charge in [-0.2, -0.15) is 5.10 Å². The maximum Gasteiger partial charge on any atom is 0.156 e. The molecule has 2 heterocycles. The molecule has 1 aliphatic heterocycles. The Balaban J connectivity index is 1.72. The van der Waals surface area contributed by atoms with Gasteiger partial charge >= 0.3 is 0 Å². The number of benzene rings is 1. The van der Waals surface area contributed by atoms with Crippen molar-refractivity contribution in [3.8, 4) is 5.69 Å². The van der Waals surface area contributed by atoms with Crippen molar-refractivity contribution < 1.29 is 13.2 Å². The van der Waals surface area contributed by atoms with Gasteiger partial charge in [-0.3, -0.25) is 0 Å². The third-order valence-electron chi connectivity index (χ3n) is 3.63. The van der Waals surface area contributed by atoms with Crippen LogP contribution in [0.2, 0.25) is 5.02 Å². The Kier molecular flexibility index (Phi) is 4.52. The molecule has 0 aliphatic carbocycles. The largest absolute Gasteiger partial charge is 0.381 e. The van der Waals surface area contributed by atoms with Crippen LogP contribution >= 0.6 is 11.6 Å². The molecule has 1 unspecified atom stereocenters. The number of rotatable bonds is 5. The summed E-state index contributed by atoms with van der Waals surface area (Å²) < 4.78 is 31.3. The van der Waals surface area contributed by atoms with Crippen LogP contribution in [0.25, 0.3) is 5.69 Å². The Bertz CT molecular complexity index is 752. The first kappa shape index (κ1) is 15.5. The normalized spacial score (nSPS) is 18.7. The van der Waals surface area contributed by atoms with Crippen LogP contribution in [0.4, 0.5) is 0 Å².